The molecule has 0 unspecified atom stereocenters. The van der Waals surface area contributed by atoms with Crippen LogP contribution in [0.15, 0.2) is 11.4 Å². The van der Waals surface area contributed by atoms with Crippen molar-refractivity contribution >= 4 is 23.1 Å². The van der Waals surface area contributed by atoms with Crippen LogP contribution in [0.4, 0.5) is 10.5 Å². The third-order valence-corrected chi connectivity index (χ3v) is 5.37. The van der Waals surface area contributed by atoms with E-state index in [-0.39, 0.29) is 11.5 Å². The lowest BCUT2D eigenvalue weighted by atomic mass is 9.78. The SMILES string of the molecule is CC.COC(=O)N1CC2(CCN(C)CC2)c2sccc21. The van der Waals surface area contributed by atoms with Gasteiger partial charge in [-0.15, -0.1) is 11.3 Å². The molecule has 1 spiro atoms. The Kier molecular flexibility index (Phi) is 4.70. The summed E-state index contributed by atoms with van der Waals surface area (Å²) in [4.78, 5) is 17.4. The van der Waals surface area contributed by atoms with Crippen molar-refractivity contribution in [1.82, 2.24) is 4.90 Å². The van der Waals surface area contributed by atoms with Gasteiger partial charge in [-0.3, -0.25) is 4.90 Å². The van der Waals surface area contributed by atoms with Crippen LogP contribution in [0.25, 0.3) is 0 Å². The number of carbonyl (C=O) groups is 1. The summed E-state index contributed by atoms with van der Waals surface area (Å²) in [7, 11) is 3.61. The Morgan fingerprint density at radius 1 is 1.35 bits per heavy atom. The second-order valence-electron chi connectivity index (χ2n) is 5.27. The number of fused-ring (bicyclic) bond motifs is 2. The lowest BCUT2D eigenvalue weighted by Crippen LogP contribution is -2.44. The predicted molar refractivity (Wildman–Crippen MR) is 83.8 cm³/mol. The number of hydrogen-bond donors (Lipinski definition) is 0. The average Bonchev–Trinajstić information content (AvgIpc) is 3.07. The minimum Gasteiger partial charge on any atom is -0.452 e. The number of likely N-dealkylation sites (tertiary alicyclic amines) is 1. The summed E-state index contributed by atoms with van der Waals surface area (Å²) in [5.74, 6) is 0. The number of methoxy groups -OCH3 is 1. The molecule has 0 N–H and O–H groups in total. The van der Waals surface area contributed by atoms with Gasteiger partial charge in [0.25, 0.3) is 0 Å². The maximum absolute atomic E-state index is 11.9. The predicted octanol–water partition coefficient (Wildman–Crippen LogP) is 3.32. The highest BCUT2D eigenvalue weighted by molar-refractivity contribution is 7.10. The molecule has 1 saturated heterocycles. The monoisotopic (exact) mass is 296 g/mol. The topological polar surface area (TPSA) is 32.8 Å². The summed E-state index contributed by atoms with van der Waals surface area (Å²) in [6, 6.07) is 2.05. The molecule has 20 heavy (non-hydrogen) atoms. The highest BCUT2D eigenvalue weighted by Crippen LogP contribution is 2.49. The van der Waals surface area contributed by atoms with Gasteiger partial charge in [0.15, 0.2) is 0 Å². The normalized spacial score (nSPS) is 20.3. The first-order chi connectivity index (χ1) is 9.66. The number of hydrogen-bond acceptors (Lipinski definition) is 4. The van der Waals surface area contributed by atoms with Crippen molar-refractivity contribution in [2.24, 2.45) is 0 Å². The molecule has 0 aromatic carbocycles. The summed E-state index contributed by atoms with van der Waals surface area (Å²) in [5, 5.41) is 2.08. The first-order valence-corrected chi connectivity index (χ1v) is 8.16. The Labute approximate surface area is 125 Å². The molecular formula is C15H24N2O2S. The molecule has 0 bridgehead atoms. The maximum Gasteiger partial charge on any atom is 0.414 e. The summed E-state index contributed by atoms with van der Waals surface area (Å²) in [5.41, 5.74) is 1.24. The highest BCUT2D eigenvalue weighted by Gasteiger charge is 2.47. The molecule has 1 aromatic heterocycles. The second kappa shape index (κ2) is 6.14. The van der Waals surface area contributed by atoms with Crippen molar-refractivity contribution in [3.05, 3.63) is 16.3 Å². The van der Waals surface area contributed by atoms with Crippen molar-refractivity contribution < 1.29 is 9.53 Å². The van der Waals surface area contributed by atoms with Crippen LogP contribution in [0.1, 0.15) is 31.6 Å². The van der Waals surface area contributed by atoms with Gasteiger partial charge in [-0.05, 0) is 44.4 Å². The zero-order valence-corrected chi connectivity index (χ0v) is 13.6. The molecule has 1 fully saturated rings. The van der Waals surface area contributed by atoms with Crippen molar-refractivity contribution in [3.8, 4) is 0 Å². The molecule has 1 amide bonds. The first kappa shape index (κ1) is 15.3. The van der Waals surface area contributed by atoms with E-state index in [2.05, 4.69) is 17.3 Å². The number of ether oxygens (including phenoxy) is 1. The average molecular weight is 296 g/mol. The van der Waals surface area contributed by atoms with Gasteiger partial charge in [0.2, 0.25) is 0 Å². The summed E-state index contributed by atoms with van der Waals surface area (Å²) < 4.78 is 4.90. The van der Waals surface area contributed by atoms with Gasteiger partial charge in [-0.1, -0.05) is 13.8 Å². The number of carbonyl (C=O) groups excluding carboxylic acids is 1. The van der Waals surface area contributed by atoms with Crippen LogP contribution < -0.4 is 4.90 Å². The molecule has 2 aliphatic rings. The number of thiophene rings is 1. The molecule has 0 saturated carbocycles. The van der Waals surface area contributed by atoms with Gasteiger partial charge in [0, 0.05) is 16.8 Å². The van der Waals surface area contributed by atoms with Gasteiger partial charge in [0.1, 0.15) is 0 Å². The minimum absolute atomic E-state index is 0.171. The Bertz CT molecular complexity index is 464. The molecule has 1 aromatic rings. The molecule has 0 aliphatic carbocycles. The maximum atomic E-state index is 11.9. The molecule has 5 heteroatoms. The van der Waals surface area contributed by atoms with Crippen LogP contribution in [-0.2, 0) is 10.2 Å². The van der Waals surface area contributed by atoms with Crippen LogP contribution in [0.2, 0.25) is 0 Å². The van der Waals surface area contributed by atoms with Gasteiger partial charge >= 0.3 is 6.09 Å². The summed E-state index contributed by atoms with van der Waals surface area (Å²) >= 11 is 1.78. The lowest BCUT2D eigenvalue weighted by molar-refractivity contribution is 0.171. The van der Waals surface area contributed by atoms with Crippen molar-refractivity contribution in [3.63, 3.8) is 0 Å². The third-order valence-electron chi connectivity index (χ3n) is 4.22. The number of piperidine rings is 1. The molecular weight excluding hydrogens is 272 g/mol. The van der Waals surface area contributed by atoms with Gasteiger partial charge in [0.05, 0.1) is 12.8 Å². The summed E-state index contributed by atoms with van der Waals surface area (Å²) in [6.45, 7) is 6.99. The van der Waals surface area contributed by atoms with E-state index >= 15 is 0 Å². The molecule has 4 nitrogen and oxygen atoms in total. The van der Waals surface area contributed by atoms with E-state index in [1.165, 1.54) is 12.0 Å². The standard InChI is InChI=1S/C13H18N2O2S.C2H6/c1-14-6-4-13(5-7-14)9-15(12(16)17-2)10-3-8-18-11(10)13;1-2/h3,8H,4-7,9H2,1-2H3;1-2H3. The largest absolute Gasteiger partial charge is 0.452 e. The quantitative estimate of drug-likeness (QED) is 0.736. The van der Waals surface area contributed by atoms with Crippen molar-refractivity contribution in [2.75, 3.05) is 38.7 Å². The molecule has 3 heterocycles. The third kappa shape index (κ3) is 2.44. The van der Waals surface area contributed by atoms with E-state index in [0.29, 0.717) is 0 Å². The Hall–Kier alpha value is -1.07. The van der Waals surface area contributed by atoms with Crippen LogP contribution in [-0.4, -0.2) is 44.8 Å². The fourth-order valence-corrected chi connectivity index (χ4v) is 4.23. The number of anilines is 1. The van der Waals surface area contributed by atoms with Crippen LogP contribution >= 0.6 is 11.3 Å². The molecule has 0 atom stereocenters. The van der Waals surface area contributed by atoms with E-state index in [9.17, 15) is 4.79 Å². The van der Waals surface area contributed by atoms with E-state index in [0.717, 1.165) is 38.2 Å². The van der Waals surface area contributed by atoms with E-state index in [1.54, 1.807) is 16.2 Å². The Morgan fingerprint density at radius 2 is 2.00 bits per heavy atom. The molecule has 112 valence electrons. The van der Waals surface area contributed by atoms with Crippen LogP contribution in [0.3, 0.4) is 0 Å². The lowest BCUT2D eigenvalue weighted by Gasteiger charge is -2.37. The zero-order chi connectivity index (χ0) is 14.8. The van der Waals surface area contributed by atoms with E-state index < -0.39 is 0 Å². The van der Waals surface area contributed by atoms with Gasteiger partial charge in [-0.2, -0.15) is 0 Å². The molecule has 2 aliphatic heterocycles. The molecule has 3 rings (SSSR count). The number of rotatable bonds is 0. The van der Waals surface area contributed by atoms with Crippen molar-refractivity contribution in [2.45, 2.75) is 32.1 Å². The fraction of sp³-hybridized carbons (Fsp3) is 0.667. The summed E-state index contributed by atoms with van der Waals surface area (Å²) in [6.07, 6.45) is 2.03. The van der Waals surface area contributed by atoms with Crippen LogP contribution in [0.5, 0.6) is 0 Å². The highest BCUT2D eigenvalue weighted by atomic mass is 32.1. The van der Waals surface area contributed by atoms with Crippen molar-refractivity contribution in [1.29, 1.82) is 0 Å². The van der Waals surface area contributed by atoms with Gasteiger partial charge < -0.3 is 9.64 Å². The molecule has 0 radical (unpaired) electrons. The van der Waals surface area contributed by atoms with E-state index in [4.69, 9.17) is 4.74 Å². The van der Waals surface area contributed by atoms with Crippen LogP contribution in [0, 0.1) is 0 Å². The first-order valence-electron chi connectivity index (χ1n) is 7.28. The second-order valence-corrected chi connectivity index (χ2v) is 6.19. The fourth-order valence-electron chi connectivity index (χ4n) is 3.08. The smallest absolute Gasteiger partial charge is 0.414 e. The minimum atomic E-state index is -0.231. The van der Waals surface area contributed by atoms with Gasteiger partial charge in [-0.25, -0.2) is 4.79 Å². The van der Waals surface area contributed by atoms with E-state index in [1.807, 2.05) is 19.9 Å². The zero-order valence-electron chi connectivity index (χ0n) is 12.8. The number of amides is 1. The Balaban J connectivity index is 0.000000704. The Morgan fingerprint density at radius 3 is 2.60 bits per heavy atom. The number of nitrogens with zero attached hydrogens (tertiary/aromatic N) is 2.